The minimum atomic E-state index is -1.08. The number of nitrogens with one attached hydrogen (secondary N) is 1. The Labute approximate surface area is 107 Å². The molecule has 0 saturated carbocycles. The van der Waals surface area contributed by atoms with Crippen molar-refractivity contribution in [3.63, 3.8) is 0 Å². The molecule has 0 aliphatic heterocycles. The molecule has 5 nitrogen and oxygen atoms in total. The lowest BCUT2D eigenvalue weighted by atomic mass is 10.2. The Morgan fingerprint density at radius 2 is 2.21 bits per heavy atom. The van der Waals surface area contributed by atoms with Gasteiger partial charge in [0.25, 0.3) is 0 Å². The topological polar surface area (TPSA) is 70.9 Å². The normalized spacial score (nSPS) is 11.1. The van der Waals surface area contributed by atoms with E-state index in [-0.39, 0.29) is 11.5 Å². The van der Waals surface area contributed by atoms with Crippen LogP contribution >= 0.6 is 0 Å². The summed E-state index contributed by atoms with van der Waals surface area (Å²) in [6.45, 7) is 0. The third-order valence-corrected chi connectivity index (χ3v) is 3.10. The van der Waals surface area contributed by atoms with E-state index < -0.39 is 5.97 Å². The summed E-state index contributed by atoms with van der Waals surface area (Å²) in [6.07, 6.45) is 0. The summed E-state index contributed by atoms with van der Waals surface area (Å²) in [5.74, 6) is -1.39. The first-order valence-electron chi connectivity index (χ1n) is 5.61. The lowest BCUT2D eigenvalue weighted by molar-refractivity contribution is 0.0690. The van der Waals surface area contributed by atoms with Gasteiger partial charge in [-0.25, -0.2) is 9.18 Å². The van der Waals surface area contributed by atoms with E-state index in [1.807, 2.05) is 0 Å². The predicted octanol–water partition coefficient (Wildman–Crippen LogP) is 2.41. The lowest BCUT2D eigenvalue weighted by Gasteiger charge is -2.00. The number of hydrogen-bond donors (Lipinski definition) is 2. The maximum Gasteiger partial charge on any atom is 0.353 e. The Bertz CT molecular complexity index is 788. The summed E-state index contributed by atoms with van der Waals surface area (Å²) in [5.41, 5.74) is 1.86. The van der Waals surface area contributed by atoms with Gasteiger partial charge < -0.3 is 9.67 Å². The van der Waals surface area contributed by atoms with E-state index in [0.29, 0.717) is 16.8 Å². The molecule has 0 saturated heterocycles. The van der Waals surface area contributed by atoms with Crippen molar-refractivity contribution in [2.45, 2.75) is 0 Å². The standard InChI is InChI=1S/C13H10FN3O2/c1-17-11-4-2-3-8(14)7(11)5-12(17)9-6-10(13(18)19)16-15-9/h2-6H,1H3,(H,15,16)(H,18,19). The lowest BCUT2D eigenvalue weighted by Crippen LogP contribution is -1.95. The van der Waals surface area contributed by atoms with E-state index in [0.717, 1.165) is 5.52 Å². The Morgan fingerprint density at radius 3 is 2.84 bits per heavy atom. The van der Waals surface area contributed by atoms with Gasteiger partial charge >= 0.3 is 5.97 Å². The molecule has 2 aromatic heterocycles. The van der Waals surface area contributed by atoms with Crippen molar-refractivity contribution >= 4 is 16.9 Å². The number of aromatic carboxylic acids is 1. The molecule has 6 heteroatoms. The molecule has 19 heavy (non-hydrogen) atoms. The fourth-order valence-corrected chi connectivity index (χ4v) is 2.13. The predicted molar refractivity (Wildman–Crippen MR) is 67.4 cm³/mol. The van der Waals surface area contributed by atoms with Crippen molar-refractivity contribution in [3.8, 4) is 11.4 Å². The number of hydrogen-bond acceptors (Lipinski definition) is 2. The van der Waals surface area contributed by atoms with Gasteiger partial charge in [-0.05, 0) is 18.2 Å². The average Bonchev–Trinajstić information content (AvgIpc) is 2.96. The summed E-state index contributed by atoms with van der Waals surface area (Å²) in [6, 6.07) is 7.90. The fourth-order valence-electron chi connectivity index (χ4n) is 2.13. The largest absolute Gasteiger partial charge is 0.477 e. The van der Waals surface area contributed by atoms with Gasteiger partial charge in [-0.2, -0.15) is 5.10 Å². The third-order valence-electron chi connectivity index (χ3n) is 3.10. The van der Waals surface area contributed by atoms with Crippen molar-refractivity contribution in [1.82, 2.24) is 14.8 Å². The molecule has 0 spiro atoms. The molecule has 0 bridgehead atoms. The minimum Gasteiger partial charge on any atom is -0.477 e. The number of halogens is 1. The first-order chi connectivity index (χ1) is 9.08. The zero-order valence-corrected chi connectivity index (χ0v) is 10.0. The van der Waals surface area contributed by atoms with Crippen LogP contribution in [-0.2, 0) is 7.05 Å². The summed E-state index contributed by atoms with van der Waals surface area (Å²) in [4.78, 5) is 10.8. The fraction of sp³-hybridized carbons (Fsp3) is 0.0769. The van der Waals surface area contributed by atoms with Crippen LogP contribution in [0.2, 0.25) is 0 Å². The minimum absolute atomic E-state index is 0.000674. The number of carboxylic acid groups (broad SMARTS) is 1. The van der Waals surface area contributed by atoms with Crippen LogP contribution in [0.25, 0.3) is 22.3 Å². The molecular weight excluding hydrogens is 249 g/mol. The zero-order valence-electron chi connectivity index (χ0n) is 10.0. The third kappa shape index (κ3) is 1.69. The van der Waals surface area contributed by atoms with E-state index in [9.17, 15) is 9.18 Å². The molecule has 96 valence electrons. The monoisotopic (exact) mass is 259 g/mol. The highest BCUT2D eigenvalue weighted by Crippen LogP contribution is 2.27. The molecule has 3 aromatic rings. The van der Waals surface area contributed by atoms with E-state index >= 15 is 0 Å². The molecular formula is C13H10FN3O2. The van der Waals surface area contributed by atoms with Crippen LogP contribution in [0, 0.1) is 5.82 Å². The number of nitrogens with zero attached hydrogens (tertiary/aromatic N) is 2. The van der Waals surface area contributed by atoms with E-state index in [1.54, 1.807) is 29.8 Å². The maximum absolute atomic E-state index is 13.7. The van der Waals surface area contributed by atoms with Crippen LogP contribution in [0.3, 0.4) is 0 Å². The quantitative estimate of drug-likeness (QED) is 0.742. The van der Waals surface area contributed by atoms with Gasteiger partial charge in [-0.3, -0.25) is 5.10 Å². The summed E-state index contributed by atoms with van der Waals surface area (Å²) in [7, 11) is 1.78. The van der Waals surface area contributed by atoms with Crippen molar-refractivity contribution in [1.29, 1.82) is 0 Å². The molecule has 3 rings (SSSR count). The number of rotatable bonds is 2. The Kier molecular flexibility index (Phi) is 2.38. The van der Waals surface area contributed by atoms with Gasteiger partial charge in [-0.15, -0.1) is 0 Å². The second kappa shape index (κ2) is 3.94. The molecule has 0 fully saturated rings. The summed E-state index contributed by atoms with van der Waals surface area (Å²) in [5, 5.41) is 15.7. The van der Waals surface area contributed by atoms with Crippen molar-refractivity contribution in [2.75, 3.05) is 0 Å². The highest BCUT2D eigenvalue weighted by molar-refractivity contribution is 5.89. The van der Waals surface area contributed by atoms with Crippen molar-refractivity contribution in [3.05, 3.63) is 41.8 Å². The second-order valence-electron chi connectivity index (χ2n) is 4.23. The van der Waals surface area contributed by atoms with Gasteiger partial charge in [0.05, 0.1) is 11.2 Å². The molecule has 0 unspecified atom stereocenters. The average molecular weight is 259 g/mol. The number of fused-ring (bicyclic) bond motifs is 1. The molecule has 0 aliphatic rings. The molecule has 2 heterocycles. The number of H-pyrrole nitrogens is 1. The van der Waals surface area contributed by atoms with Gasteiger partial charge in [-0.1, -0.05) is 6.07 Å². The van der Waals surface area contributed by atoms with Crippen LogP contribution in [0.5, 0.6) is 0 Å². The SMILES string of the molecule is Cn1c(-c2cc(C(=O)O)[nH]n2)cc2c(F)cccc21. The Balaban J connectivity index is 2.22. The first-order valence-corrected chi connectivity index (χ1v) is 5.61. The molecule has 0 radical (unpaired) electrons. The summed E-state index contributed by atoms with van der Waals surface area (Å²) < 4.78 is 15.5. The highest BCUT2D eigenvalue weighted by Gasteiger charge is 2.15. The molecule has 1 aromatic carbocycles. The van der Waals surface area contributed by atoms with Crippen LogP contribution in [0.4, 0.5) is 4.39 Å². The highest BCUT2D eigenvalue weighted by atomic mass is 19.1. The molecule has 0 atom stereocenters. The molecule has 2 N–H and O–H groups in total. The Hall–Kier alpha value is -2.63. The van der Waals surface area contributed by atoms with Crippen LogP contribution in [-0.4, -0.2) is 25.8 Å². The first kappa shape index (κ1) is 11.5. The number of aromatic amines is 1. The molecule has 0 amide bonds. The van der Waals surface area contributed by atoms with Gasteiger partial charge in [0.1, 0.15) is 17.2 Å². The number of carboxylic acids is 1. The zero-order chi connectivity index (χ0) is 13.6. The number of aromatic nitrogens is 3. The number of benzene rings is 1. The van der Waals surface area contributed by atoms with Crippen LogP contribution in [0.1, 0.15) is 10.5 Å². The van der Waals surface area contributed by atoms with Gasteiger partial charge in [0.15, 0.2) is 0 Å². The second-order valence-corrected chi connectivity index (χ2v) is 4.23. The van der Waals surface area contributed by atoms with E-state index in [1.165, 1.54) is 12.1 Å². The maximum atomic E-state index is 13.7. The van der Waals surface area contributed by atoms with Gasteiger partial charge in [0, 0.05) is 18.5 Å². The van der Waals surface area contributed by atoms with Crippen molar-refractivity contribution in [2.24, 2.45) is 7.05 Å². The smallest absolute Gasteiger partial charge is 0.353 e. The Morgan fingerprint density at radius 1 is 1.42 bits per heavy atom. The van der Waals surface area contributed by atoms with E-state index in [2.05, 4.69) is 10.2 Å². The number of carbonyl (C=O) groups is 1. The molecule has 0 aliphatic carbocycles. The summed E-state index contributed by atoms with van der Waals surface area (Å²) >= 11 is 0. The van der Waals surface area contributed by atoms with Gasteiger partial charge in [0.2, 0.25) is 0 Å². The van der Waals surface area contributed by atoms with E-state index in [4.69, 9.17) is 5.11 Å². The van der Waals surface area contributed by atoms with Crippen LogP contribution < -0.4 is 0 Å². The van der Waals surface area contributed by atoms with Crippen molar-refractivity contribution < 1.29 is 14.3 Å². The number of aryl methyl sites for hydroxylation is 1. The van der Waals surface area contributed by atoms with Crippen LogP contribution in [0.15, 0.2) is 30.3 Å².